The molecule has 0 aliphatic rings. The Kier molecular flexibility index (Phi) is 8.95. The maximum absolute atomic E-state index is 12.4. The molecule has 1 aromatic heterocycles. The molecule has 2 amide bonds. The second kappa shape index (κ2) is 11.7. The van der Waals surface area contributed by atoms with Crippen molar-refractivity contribution in [3.05, 3.63) is 40.1 Å². The molecular formula is C20H24N2O7S. The Bertz CT molecular complexity index is 841. The van der Waals surface area contributed by atoms with Crippen LogP contribution in [0, 0.1) is 0 Å². The Balaban J connectivity index is 2.01. The number of hydrogen-bond donors (Lipinski definition) is 2. The van der Waals surface area contributed by atoms with Crippen molar-refractivity contribution in [1.82, 2.24) is 10.9 Å². The minimum Gasteiger partial charge on any atom is -0.490 e. The average Bonchev–Trinajstić information content (AvgIpc) is 3.27. The van der Waals surface area contributed by atoms with Gasteiger partial charge in [-0.05, 0) is 44.4 Å². The molecule has 0 bridgehead atoms. The van der Waals surface area contributed by atoms with Crippen molar-refractivity contribution in [3.63, 3.8) is 0 Å². The molecule has 1 aromatic carbocycles. The smallest absolute Gasteiger partial charge is 0.338 e. The lowest BCUT2D eigenvalue weighted by molar-refractivity contribution is -0.125. The van der Waals surface area contributed by atoms with E-state index in [0.29, 0.717) is 41.9 Å². The molecule has 0 atom stereocenters. The first-order valence-corrected chi connectivity index (χ1v) is 10.2. The Morgan fingerprint density at radius 1 is 0.933 bits per heavy atom. The third-order valence-electron chi connectivity index (χ3n) is 3.54. The van der Waals surface area contributed by atoms with Crippen LogP contribution >= 0.6 is 11.3 Å². The predicted octanol–water partition coefficient (Wildman–Crippen LogP) is 2.56. The Labute approximate surface area is 178 Å². The van der Waals surface area contributed by atoms with Crippen LogP contribution in [0.2, 0.25) is 0 Å². The first-order valence-electron chi connectivity index (χ1n) is 9.36. The van der Waals surface area contributed by atoms with Crippen molar-refractivity contribution >= 4 is 29.1 Å². The van der Waals surface area contributed by atoms with E-state index < -0.39 is 24.4 Å². The molecule has 30 heavy (non-hydrogen) atoms. The van der Waals surface area contributed by atoms with E-state index in [1.165, 1.54) is 23.5 Å². The number of benzene rings is 1. The fourth-order valence-electron chi connectivity index (χ4n) is 2.35. The van der Waals surface area contributed by atoms with Gasteiger partial charge >= 0.3 is 5.97 Å². The second-order valence-electron chi connectivity index (χ2n) is 5.66. The van der Waals surface area contributed by atoms with Crippen molar-refractivity contribution in [2.24, 2.45) is 0 Å². The van der Waals surface area contributed by atoms with E-state index in [0.717, 1.165) is 0 Å². The van der Waals surface area contributed by atoms with E-state index >= 15 is 0 Å². The highest BCUT2D eigenvalue weighted by atomic mass is 32.1. The molecule has 10 heteroatoms. The molecule has 1 heterocycles. The highest BCUT2D eigenvalue weighted by Gasteiger charge is 2.20. The minimum atomic E-state index is -0.750. The number of hydrogen-bond acceptors (Lipinski definition) is 8. The molecule has 0 fully saturated rings. The number of ether oxygens (including phenoxy) is 4. The molecule has 2 N–H and O–H groups in total. The molecule has 2 rings (SSSR count). The monoisotopic (exact) mass is 436 g/mol. The number of carbonyl (C=O) groups excluding carboxylic acids is 3. The number of thiophene rings is 1. The average molecular weight is 436 g/mol. The van der Waals surface area contributed by atoms with E-state index in [-0.39, 0.29) is 5.56 Å². The number of nitrogens with one attached hydrogen (secondary N) is 2. The van der Waals surface area contributed by atoms with Crippen molar-refractivity contribution in [1.29, 1.82) is 0 Å². The summed E-state index contributed by atoms with van der Waals surface area (Å²) < 4.78 is 21.7. The zero-order valence-corrected chi connectivity index (χ0v) is 17.8. The summed E-state index contributed by atoms with van der Waals surface area (Å²) in [5, 5.41) is 1.74. The van der Waals surface area contributed by atoms with Crippen LogP contribution in [0.5, 0.6) is 17.2 Å². The number of rotatable bonds is 10. The summed E-state index contributed by atoms with van der Waals surface area (Å²) in [6.07, 6.45) is 0. The molecular weight excluding hydrogens is 412 g/mol. The highest BCUT2D eigenvalue weighted by molar-refractivity contribution is 7.12. The van der Waals surface area contributed by atoms with Gasteiger partial charge in [-0.15, -0.1) is 11.3 Å². The summed E-state index contributed by atoms with van der Waals surface area (Å²) >= 11 is 1.23. The second-order valence-corrected chi connectivity index (χ2v) is 6.60. The summed E-state index contributed by atoms with van der Waals surface area (Å²) in [5.41, 5.74) is 4.57. The van der Waals surface area contributed by atoms with Crippen LogP contribution in [-0.4, -0.2) is 44.2 Å². The van der Waals surface area contributed by atoms with Gasteiger partial charge < -0.3 is 18.9 Å². The summed E-state index contributed by atoms with van der Waals surface area (Å²) in [6.45, 7) is 5.95. The van der Waals surface area contributed by atoms with Crippen LogP contribution in [0.4, 0.5) is 0 Å². The van der Waals surface area contributed by atoms with Gasteiger partial charge in [0.05, 0.1) is 30.3 Å². The highest BCUT2D eigenvalue weighted by Crippen LogP contribution is 2.39. The van der Waals surface area contributed by atoms with Crippen molar-refractivity contribution in [2.45, 2.75) is 20.8 Å². The molecule has 0 aliphatic carbocycles. The largest absolute Gasteiger partial charge is 0.490 e. The summed E-state index contributed by atoms with van der Waals surface area (Å²) in [4.78, 5) is 36.5. The first-order chi connectivity index (χ1) is 14.5. The lowest BCUT2D eigenvalue weighted by atomic mass is 10.2. The third-order valence-corrected chi connectivity index (χ3v) is 4.41. The molecule has 0 unspecified atom stereocenters. The normalized spacial score (nSPS) is 10.1. The summed E-state index contributed by atoms with van der Waals surface area (Å²) in [6, 6.07) is 6.27. The van der Waals surface area contributed by atoms with Crippen molar-refractivity contribution in [3.8, 4) is 17.2 Å². The molecule has 0 saturated carbocycles. The van der Waals surface area contributed by atoms with Crippen molar-refractivity contribution in [2.75, 3.05) is 26.4 Å². The van der Waals surface area contributed by atoms with Crippen LogP contribution in [0.1, 0.15) is 40.8 Å². The van der Waals surface area contributed by atoms with Crippen LogP contribution in [-0.2, 0) is 9.53 Å². The van der Waals surface area contributed by atoms with Gasteiger partial charge in [0.25, 0.3) is 11.8 Å². The van der Waals surface area contributed by atoms with E-state index in [1.54, 1.807) is 31.4 Å². The van der Waals surface area contributed by atoms with E-state index in [4.69, 9.17) is 18.9 Å². The standard InChI is InChI=1S/C20H24N2O7S/c1-4-26-14-10-13(11-15(27-5-2)18(14)28-6-3)20(25)29-12-17(23)21-22-19(24)16-8-7-9-30-16/h7-11H,4-6,12H2,1-3H3,(H,21,23)(H,22,24). The molecule has 162 valence electrons. The van der Waals surface area contributed by atoms with Crippen LogP contribution < -0.4 is 25.1 Å². The zero-order chi connectivity index (χ0) is 21.9. The number of amides is 2. The van der Waals surface area contributed by atoms with Crippen LogP contribution in [0.15, 0.2) is 29.6 Å². The zero-order valence-electron chi connectivity index (χ0n) is 17.0. The maximum Gasteiger partial charge on any atom is 0.338 e. The number of hydrazine groups is 1. The van der Waals surface area contributed by atoms with Crippen molar-refractivity contribution < 1.29 is 33.3 Å². The van der Waals surface area contributed by atoms with E-state index in [1.807, 2.05) is 6.92 Å². The Morgan fingerprint density at radius 2 is 1.57 bits per heavy atom. The lowest BCUT2D eigenvalue weighted by Gasteiger charge is -2.16. The van der Waals surface area contributed by atoms with Gasteiger partial charge in [-0.1, -0.05) is 6.07 Å². The Hall–Kier alpha value is -3.27. The molecule has 0 aliphatic heterocycles. The summed E-state index contributed by atoms with van der Waals surface area (Å²) in [7, 11) is 0. The van der Waals surface area contributed by atoms with Gasteiger partial charge in [0, 0.05) is 0 Å². The third kappa shape index (κ3) is 6.38. The Morgan fingerprint density at radius 3 is 2.10 bits per heavy atom. The number of esters is 1. The van der Waals surface area contributed by atoms with Gasteiger partial charge in [-0.3, -0.25) is 20.4 Å². The van der Waals surface area contributed by atoms with Gasteiger partial charge in [0.1, 0.15) is 0 Å². The summed E-state index contributed by atoms with van der Waals surface area (Å²) in [5.74, 6) is -0.825. The van der Waals surface area contributed by atoms with Crippen LogP contribution in [0.25, 0.3) is 0 Å². The van der Waals surface area contributed by atoms with Crippen LogP contribution in [0.3, 0.4) is 0 Å². The first kappa shape index (κ1) is 23.0. The molecule has 2 aromatic rings. The van der Waals surface area contributed by atoms with Gasteiger partial charge in [-0.25, -0.2) is 4.79 Å². The molecule has 0 saturated heterocycles. The lowest BCUT2D eigenvalue weighted by Crippen LogP contribution is -2.43. The van der Waals surface area contributed by atoms with Gasteiger partial charge in [0.2, 0.25) is 5.75 Å². The van der Waals surface area contributed by atoms with E-state index in [2.05, 4.69) is 10.9 Å². The van der Waals surface area contributed by atoms with Gasteiger partial charge in [0.15, 0.2) is 18.1 Å². The quantitative estimate of drug-likeness (QED) is 0.435. The minimum absolute atomic E-state index is 0.140. The topological polar surface area (TPSA) is 112 Å². The molecule has 0 radical (unpaired) electrons. The maximum atomic E-state index is 12.4. The predicted molar refractivity (Wildman–Crippen MR) is 110 cm³/mol. The van der Waals surface area contributed by atoms with Gasteiger partial charge in [-0.2, -0.15) is 0 Å². The number of carbonyl (C=O) groups is 3. The van der Waals surface area contributed by atoms with E-state index in [9.17, 15) is 14.4 Å². The molecule has 9 nitrogen and oxygen atoms in total. The SMILES string of the molecule is CCOc1cc(C(=O)OCC(=O)NNC(=O)c2cccs2)cc(OCC)c1OCC. The molecule has 0 spiro atoms. The fourth-order valence-corrected chi connectivity index (χ4v) is 2.97. The fraction of sp³-hybridized carbons (Fsp3) is 0.350.